The third-order valence-corrected chi connectivity index (χ3v) is 7.90. The van der Waals surface area contributed by atoms with Crippen molar-refractivity contribution in [1.82, 2.24) is 28.3 Å². The van der Waals surface area contributed by atoms with Crippen LogP contribution in [0.4, 0.5) is 0 Å². The number of nitrogens with zero attached hydrogens (tertiary/aromatic N) is 6. The van der Waals surface area contributed by atoms with Gasteiger partial charge in [0.2, 0.25) is 0 Å². The van der Waals surface area contributed by atoms with Crippen LogP contribution in [-0.4, -0.2) is 69.4 Å². The summed E-state index contributed by atoms with van der Waals surface area (Å²) in [6.07, 6.45) is 3.51. The molecular formula is C21H26N6O2S. The zero-order valence-electron chi connectivity index (χ0n) is 17.5. The lowest BCUT2D eigenvalue weighted by Gasteiger charge is -2.25. The van der Waals surface area contributed by atoms with Crippen molar-refractivity contribution in [2.45, 2.75) is 24.9 Å². The molecule has 5 rings (SSSR count). The predicted octanol–water partition coefficient (Wildman–Crippen LogP) is 1.96. The van der Waals surface area contributed by atoms with Crippen LogP contribution in [0.3, 0.4) is 0 Å². The third kappa shape index (κ3) is 3.17. The maximum Gasteiger partial charge on any atom is 0.262 e. The van der Waals surface area contributed by atoms with Gasteiger partial charge in [0, 0.05) is 52.0 Å². The Morgan fingerprint density at radius 2 is 1.80 bits per heavy atom. The Kier molecular flexibility index (Phi) is 4.57. The summed E-state index contributed by atoms with van der Waals surface area (Å²) in [5.74, 6) is 0.695. The normalized spacial score (nSPS) is 19.2. The van der Waals surface area contributed by atoms with Crippen molar-refractivity contribution in [3.63, 3.8) is 0 Å². The van der Waals surface area contributed by atoms with E-state index < -0.39 is 10.0 Å². The van der Waals surface area contributed by atoms with E-state index in [9.17, 15) is 8.42 Å². The Hall–Kier alpha value is -2.49. The number of fused-ring (bicyclic) bond motifs is 1. The minimum atomic E-state index is -3.55. The van der Waals surface area contributed by atoms with E-state index in [0.717, 1.165) is 30.7 Å². The fourth-order valence-corrected chi connectivity index (χ4v) is 5.95. The molecule has 0 radical (unpaired) electrons. The highest BCUT2D eigenvalue weighted by Gasteiger charge is 2.37. The van der Waals surface area contributed by atoms with E-state index >= 15 is 0 Å². The van der Waals surface area contributed by atoms with E-state index in [-0.39, 0.29) is 11.1 Å². The van der Waals surface area contributed by atoms with E-state index in [0.29, 0.717) is 18.9 Å². The topological polar surface area (TPSA) is 76.3 Å². The van der Waals surface area contributed by atoms with Crippen LogP contribution in [0, 0.1) is 6.92 Å². The first-order valence-corrected chi connectivity index (χ1v) is 11.6. The molecule has 0 saturated heterocycles. The van der Waals surface area contributed by atoms with Gasteiger partial charge in [-0.15, -0.1) is 0 Å². The van der Waals surface area contributed by atoms with Crippen LogP contribution >= 0.6 is 0 Å². The summed E-state index contributed by atoms with van der Waals surface area (Å²) < 4.78 is 31.5. The number of imidazole rings is 2. The van der Waals surface area contributed by atoms with E-state index in [1.165, 1.54) is 11.1 Å². The van der Waals surface area contributed by atoms with Crippen LogP contribution in [0.25, 0.3) is 11.0 Å². The molecule has 2 aliphatic rings. The molecule has 30 heavy (non-hydrogen) atoms. The zero-order valence-corrected chi connectivity index (χ0v) is 18.3. The quantitative estimate of drug-likeness (QED) is 0.583. The molecule has 8 nitrogen and oxygen atoms in total. The number of aryl methyl sites for hydroxylation is 2. The first kappa shape index (κ1) is 19.5. The van der Waals surface area contributed by atoms with Crippen molar-refractivity contribution in [2.75, 3.05) is 32.7 Å². The summed E-state index contributed by atoms with van der Waals surface area (Å²) in [5, 5.41) is 0.140. The van der Waals surface area contributed by atoms with Gasteiger partial charge in [0.25, 0.3) is 10.0 Å². The molecule has 0 saturated carbocycles. The average Bonchev–Trinajstić information content (AvgIpc) is 3.44. The zero-order chi connectivity index (χ0) is 21.0. The predicted molar refractivity (Wildman–Crippen MR) is 115 cm³/mol. The fourth-order valence-electron chi connectivity index (χ4n) is 4.50. The fraction of sp³-hybridized carbons (Fsp3) is 0.429. The Morgan fingerprint density at radius 3 is 2.47 bits per heavy atom. The Bertz CT molecular complexity index is 1220. The van der Waals surface area contributed by atoms with Gasteiger partial charge in [-0.1, -0.05) is 12.1 Å². The SMILES string of the molecule is Cc1nc(S(=O)(=O)N2CC3=C(CN(CC(C)n4cnc5ccccc54)C3)C2)cn1C. The lowest BCUT2D eigenvalue weighted by molar-refractivity contribution is 0.284. The van der Waals surface area contributed by atoms with Crippen LogP contribution in [-0.2, 0) is 17.1 Å². The molecule has 4 heterocycles. The summed E-state index contributed by atoms with van der Waals surface area (Å²) in [7, 11) is -1.74. The number of aromatic nitrogens is 4. The van der Waals surface area contributed by atoms with E-state index in [1.54, 1.807) is 15.1 Å². The number of hydrogen-bond acceptors (Lipinski definition) is 5. The second-order valence-electron chi connectivity index (χ2n) is 8.38. The molecule has 0 aliphatic carbocycles. The van der Waals surface area contributed by atoms with Crippen LogP contribution in [0.1, 0.15) is 18.8 Å². The van der Waals surface area contributed by atoms with Crippen molar-refractivity contribution in [3.8, 4) is 0 Å². The third-order valence-electron chi connectivity index (χ3n) is 6.23. The van der Waals surface area contributed by atoms with E-state index in [2.05, 4.69) is 32.4 Å². The molecule has 0 spiro atoms. The maximum absolute atomic E-state index is 13.0. The van der Waals surface area contributed by atoms with E-state index in [4.69, 9.17) is 0 Å². The molecule has 1 aromatic carbocycles. The summed E-state index contributed by atoms with van der Waals surface area (Å²) in [5.41, 5.74) is 4.62. The molecule has 2 aromatic heterocycles. The molecule has 0 N–H and O–H groups in total. The Balaban J connectivity index is 1.24. The molecule has 0 bridgehead atoms. The Labute approximate surface area is 176 Å². The number of benzene rings is 1. The van der Waals surface area contributed by atoms with Gasteiger partial charge in [0.05, 0.1) is 17.4 Å². The number of sulfonamides is 1. The van der Waals surface area contributed by atoms with Crippen LogP contribution in [0.2, 0.25) is 0 Å². The van der Waals surface area contributed by atoms with Gasteiger partial charge in [0.1, 0.15) is 5.82 Å². The highest BCUT2D eigenvalue weighted by atomic mass is 32.2. The van der Waals surface area contributed by atoms with E-state index in [1.807, 2.05) is 38.5 Å². The number of para-hydroxylation sites is 2. The number of hydrogen-bond donors (Lipinski definition) is 0. The largest absolute Gasteiger partial charge is 0.337 e. The molecule has 158 valence electrons. The minimum Gasteiger partial charge on any atom is -0.337 e. The second kappa shape index (κ2) is 7.04. The van der Waals surface area contributed by atoms with Gasteiger partial charge in [0.15, 0.2) is 5.03 Å². The Morgan fingerprint density at radius 1 is 1.10 bits per heavy atom. The van der Waals surface area contributed by atoms with Gasteiger partial charge >= 0.3 is 0 Å². The second-order valence-corrected chi connectivity index (χ2v) is 10.3. The maximum atomic E-state index is 13.0. The molecule has 0 fully saturated rings. The monoisotopic (exact) mass is 426 g/mol. The van der Waals surface area contributed by atoms with Crippen molar-refractivity contribution in [2.24, 2.45) is 7.05 Å². The summed E-state index contributed by atoms with van der Waals surface area (Å²) >= 11 is 0. The van der Waals surface area contributed by atoms with Gasteiger partial charge in [-0.25, -0.2) is 18.4 Å². The highest BCUT2D eigenvalue weighted by Crippen LogP contribution is 2.30. The molecule has 0 amide bonds. The lowest BCUT2D eigenvalue weighted by atomic mass is 10.2. The van der Waals surface area contributed by atoms with Crippen molar-refractivity contribution < 1.29 is 8.42 Å². The smallest absolute Gasteiger partial charge is 0.262 e. The van der Waals surface area contributed by atoms with Gasteiger partial charge < -0.3 is 9.13 Å². The van der Waals surface area contributed by atoms with Crippen LogP contribution in [0.5, 0.6) is 0 Å². The summed E-state index contributed by atoms with van der Waals surface area (Å²) in [6, 6.07) is 8.46. The van der Waals surface area contributed by atoms with Crippen molar-refractivity contribution in [1.29, 1.82) is 0 Å². The van der Waals surface area contributed by atoms with Crippen LogP contribution in [0.15, 0.2) is 53.0 Å². The number of rotatable bonds is 5. The molecule has 9 heteroatoms. The molecular weight excluding hydrogens is 400 g/mol. The highest BCUT2D eigenvalue weighted by molar-refractivity contribution is 7.89. The average molecular weight is 427 g/mol. The minimum absolute atomic E-state index is 0.140. The van der Waals surface area contributed by atoms with Crippen molar-refractivity contribution in [3.05, 3.63) is 53.8 Å². The molecule has 3 aromatic rings. The lowest BCUT2D eigenvalue weighted by Crippen LogP contribution is -2.35. The summed E-state index contributed by atoms with van der Waals surface area (Å²) in [6.45, 7) is 7.48. The molecule has 1 atom stereocenters. The standard InChI is InChI=1S/C21H26N6O2S/c1-15(27-14-22-19-6-4-5-7-20(19)27)8-25-9-17-11-26(12-18(17)10-25)30(28,29)21-13-24(3)16(2)23-21/h4-7,13-15H,8-12H2,1-3H3. The van der Waals surface area contributed by atoms with Gasteiger partial charge in [-0.05, 0) is 37.1 Å². The van der Waals surface area contributed by atoms with Crippen molar-refractivity contribution >= 4 is 21.1 Å². The first-order valence-electron chi connectivity index (χ1n) is 10.2. The molecule has 1 unspecified atom stereocenters. The van der Waals surface area contributed by atoms with Gasteiger partial charge in [-0.3, -0.25) is 4.90 Å². The first-order chi connectivity index (χ1) is 14.3. The summed E-state index contributed by atoms with van der Waals surface area (Å²) in [4.78, 5) is 11.1. The van der Waals surface area contributed by atoms with Gasteiger partial charge in [-0.2, -0.15) is 4.31 Å². The van der Waals surface area contributed by atoms with Crippen LogP contribution < -0.4 is 0 Å². The molecule has 2 aliphatic heterocycles.